The summed E-state index contributed by atoms with van der Waals surface area (Å²) in [5.41, 5.74) is 0. The van der Waals surface area contributed by atoms with Gasteiger partial charge in [0.05, 0.1) is 0 Å². The summed E-state index contributed by atoms with van der Waals surface area (Å²) in [5.74, 6) is -0.851. The number of carbonyl (C=O) groups is 3. The zero-order chi connectivity index (χ0) is 57.8. The second kappa shape index (κ2) is 69.1. The van der Waals surface area contributed by atoms with E-state index in [1.807, 2.05) is 0 Å². The Bertz CT molecular complexity index is 1340. The molecule has 0 heterocycles. The third-order valence-electron chi connectivity index (χ3n) is 16.4. The van der Waals surface area contributed by atoms with E-state index >= 15 is 0 Å². The number of unbranched alkanes of at least 4 members (excludes halogenated alkanes) is 50. The second-order valence-electron chi connectivity index (χ2n) is 24.5. The monoisotopic (exact) mass is 1120 g/mol. The van der Waals surface area contributed by atoms with E-state index in [2.05, 4.69) is 57.2 Å². The van der Waals surface area contributed by atoms with Gasteiger partial charge in [-0.15, -0.1) is 0 Å². The molecule has 6 heteroatoms. The molecule has 0 aliphatic carbocycles. The molecular formula is C74H138O6. The summed E-state index contributed by atoms with van der Waals surface area (Å²) < 4.78 is 17.0. The molecule has 470 valence electrons. The van der Waals surface area contributed by atoms with Crippen LogP contribution in [-0.4, -0.2) is 37.2 Å². The first-order valence-corrected chi connectivity index (χ1v) is 36.0. The molecular weight excluding hydrogens is 985 g/mol. The van der Waals surface area contributed by atoms with Gasteiger partial charge in [-0.25, -0.2) is 0 Å². The summed E-state index contributed by atoms with van der Waals surface area (Å²) >= 11 is 0. The zero-order valence-electron chi connectivity index (χ0n) is 54.1. The topological polar surface area (TPSA) is 78.9 Å². The molecule has 0 aliphatic rings. The van der Waals surface area contributed by atoms with Crippen LogP contribution in [0.25, 0.3) is 0 Å². The van der Waals surface area contributed by atoms with Gasteiger partial charge in [-0.2, -0.15) is 0 Å². The molecule has 80 heavy (non-hydrogen) atoms. The molecule has 6 nitrogen and oxygen atoms in total. The molecule has 0 saturated heterocycles. The Morgan fingerprint density at radius 1 is 0.250 bits per heavy atom. The number of hydrogen-bond donors (Lipinski definition) is 0. The highest BCUT2D eigenvalue weighted by molar-refractivity contribution is 5.71. The van der Waals surface area contributed by atoms with Crippen molar-refractivity contribution in [3.05, 3.63) is 36.5 Å². The Morgan fingerprint density at radius 3 is 0.725 bits per heavy atom. The van der Waals surface area contributed by atoms with Gasteiger partial charge in [-0.3, -0.25) is 14.4 Å². The van der Waals surface area contributed by atoms with Crippen molar-refractivity contribution in [3.8, 4) is 0 Å². The minimum absolute atomic E-state index is 0.0703. The van der Waals surface area contributed by atoms with Gasteiger partial charge in [-0.1, -0.05) is 340 Å². The Labute approximate surface area is 499 Å². The molecule has 0 fully saturated rings. The fraction of sp³-hybridized carbons (Fsp3) is 0.878. The summed E-state index contributed by atoms with van der Waals surface area (Å²) in [7, 11) is 0. The van der Waals surface area contributed by atoms with Crippen LogP contribution in [0, 0.1) is 0 Å². The first-order valence-electron chi connectivity index (χ1n) is 36.0. The molecule has 1 unspecified atom stereocenters. The Morgan fingerprint density at radius 2 is 0.450 bits per heavy atom. The van der Waals surface area contributed by atoms with Crippen LogP contribution in [0.2, 0.25) is 0 Å². The van der Waals surface area contributed by atoms with E-state index in [4.69, 9.17) is 14.2 Å². The molecule has 0 radical (unpaired) electrons. The first-order chi connectivity index (χ1) is 39.5. The van der Waals surface area contributed by atoms with Crippen molar-refractivity contribution in [1.29, 1.82) is 0 Å². The fourth-order valence-corrected chi connectivity index (χ4v) is 10.9. The molecule has 0 aromatic heterocycles. The average molecular weight is 1120 g/mol. The third-order valence-corrected chi connectivity index (χ3v) is 16.4. The lowest BCUT2D eigenvalue weighted by Gasteiger charge is -2.18. The third kappa shape index (κ3) is 66.4. The van der Waals surface area contributed by atoms with E-state index < -0.39 is 6.10 Å². The van der Waals surface area contributed by atoms with Crippen LogP contribution >= 0.6 is 0 Å². The van der Waals surface area contributed by atoms with Crippen LogP contribution in [0.15, 0.2) is 36.5 Å². The lowest BCUT2D eigenvalue weighted by molar-refractivity contribution is -0.167. The summed E-state index contributed by atoms with van der Waals surface area (Å²) in [4.78, 5) is 38.4. The molecule has 0 saturated carbocycles. The largest absolute Gasteiger partial charge is 0.462 e. The quantitative estimate of drug-likeness (QED) is 0.0261. The molecule has 0 N–H and O–H groups in total. The lowest BCUT2D eigenvalue weighted by atomic mass is 10.0. The summed E-state index contributed by atoms with van der Waals surface area (Å²) in [5, 5.41) is 0. The first kappa shape index (κ1) is 77.6. The van der Waals surface area contributed by atoms with E-state index in [0.717, 1.165) is 70.6 Å². The molecule has 0 aliphatic heterocycles. The van der Waals surface area contributed by atoms with Crippen molar-refractivity contribution >= 4 is 17.9 Å². The highest BCUT2D eigenvalue weighted by Gasteiger charge is 2.19. The van der Waals surface area contributed by atoms with Gasteiger partial charge >= 0.3 is 17.9 Å². The molecule has 0 aromatic rings. The smallest absolute Gasteiger partial charge is 0.306 e. The van der Waals surface area contributed by atoms with Crippen LogP contribution in [0.3, 0.4) is 0 Å². The van der Waals surface area contributed by atoms with E-state index in [1.165, 1.54) is 289 Å². The number of esters is 3. The molecule has 0 amide bonds. The normalized spacial score (nSPS) is 12.2. The van der Waals surface area contributed by atoms with Crippen LogP contribution in [0.1, 0.15) is 400 Å². The van der Waals surface area contributed by atoms with Crippen molar-refractivity contribution < 1.29 is 28.6 Å². The van der Waals surface area contributed by atoms with Gasteiger partial charge < -0.3 is 14.2 Å². The van der Waals surface area contributed by atoms with Gasteiger partial charge in [0.1, 0.15) is 13.2 Å². The second-order valence-corrected chi connectivity index (χ2v) is 24.5. The van der Waals surface area contributed by atoms with Crippen molar-refractivity contribution in [2.75, 3.05) is 13.2 Å². The minimum Gasteiger partial charge on any atom is -0.462 e. The van der Waals surface area contributed by atoms with Crippen LogP contribution in [0.4, 0.5) is 0 Å². The standard InChI is InChI=1S/C74H138O6/c1-4-7-10-13-16-19-22-25-27-29-31-33-35-37-39-41-43-45-47-49-52-55-58-61-64-67-73(76)79-70-71(69-78-72(75)66-63-60-57-54-51-24-21-18-15-12-9-6-3)80-74(77)68-65-62-59-56-53-50-48-46-44-42-40-38-36-34-32-30-28-26-23-20-17-14-11-8-5-2/h18,21-22,25,29,31,71H,4-17,19-20,23-24,26-28,30,32-70H2,1-3H3/b21-18-,25-22-,31-29-. The van der Waals surface area contributed by atoms with Gasteiger partial charge in [0, 0.05) is 19.3 Å². The molecule has 0 aromatic carbocycles. The van der Waals surface area contributed by atoms with Gasteiger partial charge in [0.15, 0.2) is 6.10 Å². The number of allylic oxidation sites excluding steroid dienone is 6. The number of carbonyl (C=O) groups excluding carboxylic acids is 3. The van der Waals surface area contributed by atoms with Crippen molar-refractivity contribution in [3.63, 3.8) is 0 Å². The van der Waals surface area contributed by atoms with Crippen LogP contribution in [0.5, 0.6) is 0 Å². The van der Waals surface area contributed by atoms with E-state index in [-0.39, 0.29) is 31.1 Å². The summed E-state index contributed by atoms with van der Waals surface area (Å²) in [6.07, 6.45) is 86.1. The van der Waals surface area contributed by atoms with Crippen molar-refractivity contribution in [2.45, 2.75) is 406 Å². The maximum atomic E-state index is 13.0. The highest BCUT2D eigenvalue weighted by atomic mass is 16.6. The van der Waals surface area contributed by atoms with E-state index in [9.17, 15) is 14.4 Å². The Kier molecular flexibility index (Phi) is 67.1. The summed E-state index contributed by atoms with van der Waals surface area (Å²) in [6, 6.07) is 0. The maximum absolute atomic E-state index is 13.0. The Hall–Kier alpha value is -2.37. The van der Waals surface area contributed by atoms with E-state index in [0.29, 0.717) is 19.3 Å². The van der Waals surface area contributed by atoms with Crippen LogP contribution < -0.4 is 0 Å². The average Bonchev–Trinajstić information content (AvgIpc) is 3.46. The van der Waals surface area contributed by atoms with Gasteiger partial charge in [-0.05, 0) is 77.0 Å². The Balaban J connectivity index is 4.20. The summed E-state index contributed by atoms with van der Waals surface area (Å²) in [6.45, 7) is 6.67. The van der Waals surface area contributed by atoms with Gasteiger partial charge in [0.2, 0.25) is 0 Å². The molecule has 0 spiro atoms. The molecule has 0 rings (SSSR count). The maximum Gasteiger partial charge on any atom is 0.306 e. The molecule has 0 bridgehead atoms. The predicted octanol–water partition coefficient (Wildman–Crippen LogP) is 24.7. The van der Waals surface area contributed by atoms with E-state index in [1.54, 1.807) is 0 Å². The number of ether oxygens (including phenoxy) is 3. The zero-order valence-corrected chi connectivity index (χ0v) is 54.1. The SMILES string of the molecule is CCCCC/C=C\CCCCCCCC(=O)OCC(COC(=O)CCCCCCCCCCCCCCC/C=C\C/C=C\CCCCCCC)OC(=O)CCCCCCCCCCCCCCCCCCCCCCCCCCC. The van der Waals surface area contributed by atoms with Crippen LogP contribution in [-0.2, 0) is 28.6 Å². The molecule has 1 atom stereocenters. The number of hydrogen-bond acceptors (Lipinski definition) is 6. The van der Waals surface area contributed by atoms with Crippen molar-refractivity contribution in [1.82, 2.24) is 0 Å². The lowest BCUT2D eigenvalue weighted by Crippen LogP contribution is -2.30. The fourth-order valence-electron chi connectivity index (χ4n) is 10.9. The highest BCUT2D eigenvalue weighted by Crippen LogP contribution is 2.19. The predicted molar refractivity (Wildman–Crippen MR) is 349 cm³/mol. The van der Waals surface area contributed by atoms with Gasteiger partial charge in [0.25, 0.3) is 0 Å². The minimum atomic E-state index is -0.774. The van der Waals surface area contributed by atoms with Crippen molar-refractivity contribution in [2.24, 2.45) is 0 Å². The number of rotatable bonds is 67.